The van der Waals surface area contributed by atoms with Crippen LogP contribution in [0.2, 0.25) is 0 Å². The fourth-order valence-corrected chi connectivity index (χ4v) is 1.59. The molecule has 0 aromatic heterocycles. The fraction of sp³-hybridized carbons (Fsp3) is 0.900. The van der Waals surface area contributed by atoms with Gasteiger partial charge in [0, 0.05) is 18.0 Å². The van der Waals surface area contributed by atoms with Gasteiger partial charge in [0.15, 0.2) is 0 Å². The molecular formula is C10H22N2O. The Morgan fingerprint density at radius 1 is 1.00 bits per heavy atom. The van der Waals surface area contributed by atoms with Crippen LogP contribution in [0.3, 0.4) is 0 Å². The predicted molar refractivity (Wildman–Crippen MR) is 56.2 cm³/mol. The van der Waals surface area contributed by atoms with Crippen LogP contribution in [0.1, 0.15) is 41.5 Å². The van der Waals surface area contributed by atoms with Crippen LogP contribution in [-0.4, -0.2) is 28.0 Å². The first-order valence-corrected chi connectivity index (χ1v) is 4.92. The molecule has 0 unspecified atom stereocenters. The molecule has 0 aromatic carbocycles. The van der Waals surface area contributed by atoms with E-state index in [1.807, 2.05) is 13.8 Å². The molecule has 0 rings (SSSR count). The minimum Gasteiger partial charge on any atom is -0.409 e. The van der Waals surface area contributed by atoms with E-state index in [1.165, 1.54) is 0 Å². The van der Waals surface area contributed by atoms with Gasteiger partial charge in [-0.25, -0.2) is 0 Å². The van der Waals surface area contributed by atoms with Gasteiger partial charge in [-0.1, -0.05) is 19.0 Å². The summed E-state index contributed by atoms with van der Waals surface area (Å²) in [6, 6.07) is 0.738. The molecule has 3 heteroatoms. The van der Waals surface area contributed by atoms with Crippen molar-refractivity contribution in [2.75, 3.05) is 0 Å². The van der Waals surface area contributed by atoms with Crippen molar-refractivity contribution in [2.45, 2.75) is 53.6 Å². The van der Waals surface area contributed by atoms with Gasteiger partial charge in [0.2, 0.25) is 0 Å². The zero-order chi connectivity index (χ0) is 10.6. The van der Waals surface area contributed by atoms with Gasteiger partial charge in [-0.15, -0.1) is 0 Å². The van der Waals surface area contributed by atoms with Crippen molar-refractivity contribution in [1.29, 1.82) is 0 Å². The summed E-state index contributed by atoms with van der Waals surface area (Å²) in [6.07, 6.45) is 0. The van der Waals surface area contributed by atoms with Crippen LogP contribution in [0, 0.1) is 5.92 Å². The summed E-state index contributed by atoms with van der Waals surface area (Å²) in [5, 5.41) is 12.3. The van der Waals surface area contributed by atoms with Crippen LogP contribution in [0.15, 0.2) is 5.16 Å². The fourth-order valence-electron chi connectivity index (χ4n) is 1.59. The molecule has 0 aliphatic carbocycles. The van der Waals surface area contributed by atoms with Crippen molar-refractivity contribution in [2.24, 2.45) is 11.1 Å². The largest absolute Gasteiger partial charge is 0.409 e. The molecule has 0 atom stereocenters. The zero-order valence-corrected chi connectivity index (χ0v) is 9.57. The predicted octanol–water partition coefficient (Wildman–Crippen LogP) is 2.55. The van der Waals surface area contributed by atoms with E-state index < -0.39 is 0 Å². The zero-order valence-electron chi connectivity index (χ0n) is 9.57. The minimum absolute atomic E-state index is 0.259. The second kappa shape index (κ2) is 5.10. The van der Waals surface area contributed by atoms with Crippen molar-refractivity contribution >= 4 is 5.84 Å². The molecule has 0 aromatic rings. The van der Waals surface area contributed by atoms with Crippen LogP contribution < -0.4 is 0 Å². The Balaban J connectivity index is 4.71. The third kappa shape index (κ3) is 3.25. The minimum atomic E-state index is 0.259. The van der Waals surface area contributed by atoms with Crippen molar-refractivity contribution < 1.29 is 5.21 Å². The molecule has 13 heavy (non-hydrogen) atoms. The number of hydrogen-bond donors (Lipinski definition) is 1. The van der Waals surface area contributed by atoms with E-state index in [-0.39, 0.29) is 5.92 Å². The van der Waals surface area contributed by atoms with E-state index in [1.54, 1.807) is 0 Å². The van der Waals surface area contributed by atoms with Crippen molar-refractivity contribution in [3.63, 3.8) is 0 Å². The number of rotatable bonds is 3. The van der Waals surface area contributed by atoms with Crippen molar-refractivity contribution in [3.8, 4) is 0 Å². The first kappa shape index (κ1) is 12.3. The van der Waals surface area contributed by atoms with Crippen LogP contribution in [0.5, 0.6) is 0 Å². The van der Waals surface area contributed by atoms with Crippen molar-refractivity contribution in [3.05, 3.63) is 0 Å². The van der Waals surface area contributed by atoms with Crippen LogP contribution in [-0.2, 0) is 0 Å². The monoisotopic (exact) mass is 186 g/mol. The van der Waals surface area contributed by atoms with Gasteiger partial charge >= 0.3 is 0 Å². The molecule has 0 saturated heterocycles. The Bertz CT molecular complexity index is 166. The lowest BCUT2D eigenvalue weighted by Crippen LogP contribution is -2.44. The Kier molecular flexibility index (Phi) is 4.81. The van der Waals surface area contributed by atoms with Crippen LogP contribution in [0.4, 0.5) is 0 Å². The molecule has 1 N–H and O–H groups in total. The molecule has 0 aliphatic rings. The molecule has 78 valence electrons. The average Bonchev–Trinajstić information content (AvgIpc) is 1.97. The smallest absolute Gasteiger partial charge is 0.147 e. The Labute approximate surface area is 81.4 Å². The molecule has 0 saturated carbocycles. The van der Waals surface area contributed by atoms with Gasteiger partial charge in [0.1, 0.15) is 5.84 Å². The number of oxime groups is 1. The summed E-state index contributed by atoms with van der Waals surface area (Å²) in [7, 11) is 0. The SMILES string of the molecule is CC(C)C(=NO)N(C(C)C)C(C)C. The van der Waals surface area contributed by atoms with Gasteiger partial charge < -0.3 is 10.1 Å². The lowest BCUT2D eigenvalue weighted by atomic mass is 10.1. The van der Waals surface area contributed by atoms with Crippen LogP contribution in [0.25, 0.3) is 0 Å². The van der Waals surface area contributed by atoms with E-state index in [2.05, 4.69) is 37.8 Å². The third-order valence-corrected chi connectivity index (χ3v) is 2.00. The topological polar surface area (TPSA) is 35.8 Å². The van der Waals surface area contributed by atoms with E-state index in [4.69, 9.17) is 5.21 Å². The number of amidine groups is 1. The van der Waals surface area contributed by atoms with Crippen LogP contribution >= 0.6 is 0 Å². The molecule has 0 amide bonds. The van der Waals surface area contributed by atoms with E-state index in [0.717, 1.165) is 5.84 Å². The average molecular weight is 186 g/mol. The molecule has 0 aliphatic heterocycles. The molecule has 0 spiro atoms. The Morgan fingerprint density at radius 2 is 1.38 bits per heavy atom. The maximum Gasteiger partial charge on any atom is 0.147 e. The highest BCUT2D eigenvalue weighted by Crippen LogP contribution is 2.12. The highest BCUT2D eigenvalue weighted by molar-refractivity contribution is 5.84. The van der Waals surface area contributed by atoms with E-state index in [9.17, 15) is 0 Å². The van der Waals surface area contributed by atoms with Gasteiger partial charge in [-0.05, 0) is 27.7 Å². The lowest BCUT2D eigenvalue weighted by molar-refractivity contribution is 0.245. The summed E-state index contributed by atoms with van der Waals surface area (Å²) in [6.45, 7) is 12.5. The Hall–Kier alpha value is -0.730. The quantitative estimate of drug-likeness (QED) is 0.318. The summed E-state index contributed by atoms with van der Waals surface area (Å²) >= 11 is 0. The number of nitrogens with zero attached hydrogens (tertiary/aromatic N) is 2. The summed E-state index contributed by atoms with van der Waals surface area (Å²) in [5.41, 5.74) is 0. The second-order valence-electron chi connectivity index (χ2n) is 4.21. The van der Waals surface area contributed by atoms with Gasteiger partial charge in [-0.3, -0.25) is 0 Å². The van der Waals surface area contributed by atoms with E-state index >= 15 is 0 Å². The third-order valence-electron chi connectivity index (χ3n) is 2.00. The second-order valence-corrected chi connectivity index (χ2v) is 4.21. The summed E-state index contributed by atoms with van der Waals surface area (Å²) in [5.74, 6) is 1.03. The van der Waals surface area contributed by atoms with E-state index in [0.29, 0.717) is 12.1 Å². The number of hydrogen-bond acceptors (Lipinski definition) is 2. The van der Waals surface area contributed by atoms with Gasteiger partial charge in [0.25, 0.3) is 0 Å². The Morgan fingerprint density at radius 3 is 1.46 bits per heavy atom. The first-order valence-electron chi connectivity index (χ1n) is 4.92. The lowest BCUT2D eigenvalue weighted by Gasteiger charge is -2.34. The molecule has 0 heterocycles. The van der Waals surface area contributed by atoms with Gasteiger partial charge in [0.05, 0.1) is 0 Å². The summed E-state index contributed by atoms with van der Waals surface area (Å²) < 4.78 is 0. The standard InChI is InChI=1S/C10H22N2O/c1-7(2)10(11-13)12(8(3)4)9(5)6/h7-9,13H,1-6H3. The normalized spacial score (nSPS) is 13.2. The molecule has 0 radical (unpaired) electrons. The molecule has 0 bridgehead atoms. The molecular weight excluding hydrogens is 164 g/mol. The highest BCUT2D eigenvalue weighted by Gasteiger charge is 2.20. The molecule has 3 nitrogen and oxygen atoms in total. The maximum atomic E-state index is 8.91. The molecule has 0 fully saturated rings. The van der Waals surface area contributed by atoms with Crippen molar-refractivity contribution in [1.82, 2.24) is 4.90 Å². The maximum absolute atomic E-state index is 8.91. The first-order chi connectivity index (χ1) is 5.91. The highest BCUT2D eigenvalue weighted by atomic mass is 16.4. The summed E-state index contributed by atoms with van der Waals surface area (Å²) in [4.78, 5) is 2.13. The van der Waals surface area contributed by atoms with Gasteiger partial charge in [-0.2, -0.15) is 0 Å².